The summed E-state index contributed by atoms with van der Waals surface area (Å²) < 4.78 is 0. The van der Waals surface area contributed by atoms with Crippen LogP contribution in [-0.2, 0) is 6.42 Å². The van der Waals surface area contributed by atoms with Crippen LogP contribution in [0.3, 0.4) is 0 Å². The number of hydrogen-bond donors (Lipinski definition) is 0. The van der Waals surface area contributed by atoms with Crippen molar-refractivity contribution in [3.05, 3.63) is 29.2 Å². The Morgan fingerprint density at radius 2 is 2.19 bits per heavy atom. The Bertz CT molecular complexity index is 535. The molecule has 0 fully saturated rings. The monoisotopic (exact) mass is 231 g/mol. The van der Waals surface area contributed by atoms with E-state index in [-0.39, 0.29) is 5.78 Å². The summed E-state index contributed by atoms with van der Waals surface area (Å²) in [7, 11) is 0. The van der Waals surface area contributed by atoms with Crippen LogP contribution in [0.5, 0.6) is 0 Å². The van der Waals surface area contributed by atoms with E-state index in [0.717, 1.165) is 34.1 Å². The number of ketones is 1. The molecule has 0 aliphatic heterocycles. The summed E-state index contributed by atoms with van der Waals surface area (Å²) in [5, 5.41) is 0.799. The number of rotatable bonds is 1. The SMILES string of the molecule is O=C1CCCc2nc(-c3cnccn3)sc21. The molecule has 0 unspecified atom stereocenters. The molecule has 4 nitrogen and oxygen atoms in total. The van der Waals surface area contributed by atoms with Crippen molar-refractivity contribution in [3.63, 3.8) is 0 Å². The number of carbonyl (C=O) groups is 1. The van der Waals surface area contributed by atoms with Crippen LogP contribution in [0.4, 0.5) is 0 Å². The second kappa shape index (κ2) is 3.75. The summed E-state index contributed by atoms with van der Waals surface area (Å²) in [4.78, 5) is 25.1. The van der Waals surface area contributed by atoms with Crippen molar-refractivity contribution in [2.75, 3.05) is 0 Å². The minimum atomic E-state index is 0.217. The van der Waals surface area contributed by atoms with E-state index in [1.54, 1.807) is 18.6 Å². The summed E-state index contributed by atoms with van der Waals surface area (Å²) in [6.45, 7) is 0. The summed E-state index contributed by atoms with van der Waals surface area (Å²) in [6, 6.07) is 0. The molecule has 2 aromatic rings. The lowest BCUT2D eigenvalue weighted by Gasteiger charge is -2.06. The summed E-state index contributed by atoms with van der Waals surface area (Å²) in [6.07, 6.45) is 7.40. The first kappa shape index (κ1) is 9.59. The van der Waals surface area contributed by atoms with Crippen LogP contribution < -0.4 is 0 Å². The van der Waals surface area contributed by atoms with Gasteiger partial charge in [-0.25, -0.2) is 4.98 Å². The molecule has 0 N–H and O–H groups in total. The van der Waals surface area contributed by atoms with Gasteiger partial charge < -0.3 is 0 Å². The first-order valence-corrected chi connectivity index (χ1v) is 5.95. The average Bonchev–Trinajstić information content (AvgIpc) is 2.76. The van der Waals surface area contributed by atoms with Crippen LogP contribution in [0.15, 0.2) is 18.6 Å². The molecule has 0 aromatic carbocycles. The van der Waals surface area contributed by atoms with Crippen molar-refractivity contribution in [3.8, 4) is 10.7 Å². The number of thiazole rings is 1. The fourth-order valence-corrected chi connectivity index (χ4v) is 2.83. The molecule has 2 heterocycles. The lowest BCUT2D eigenvalue weighted by atomic mass is 10.0. The van der Waals surface area contributed by atoms with Crippen molar-refractivity contribution >= 4 is 17.1 Å². The van der Waals surface area contributed by atoms with Crippen molar-refractivity contribution in [2.45, 2.75) is 19.3 Å². The van der Waals surface area contributed by atoms with E-state index in [1.165, 1.54) is 11.3 Å². The Labute approximate surface area is 96.4 Å². The van der Waals surface area contributed by atoms with Crippen LogP contribution in [0.25, 0.3) is 10.7 Å². The number of fused-ring (bicyclic) bond motifs is 1. The summed E-state index contributed by atoms with van der Waals surface area (Å²) >= 11 is 1.43. The van der Waals surface area contributed by atoms with Crippen LogP contribution >= 0.6 is 11.3 Å². The van der Waals surface area contributed by atoms with E-state index in [9.17, 15) is 4.79 Å². The number of aryl methyl sites for hydroxylation is 1. The fraction of sp³-hybridized carbons (Fsp3) is 0.273. The maximum atomic E-state index is 11.7. The van der Waals surface area contributed by atoms with E-state index in [1.807, 2.05) is 0 Å². The molecule has 0 radical (unpaired) electrons. The molecule has 0 amide bonds. The standard InChI is InChI=1S/C11H9N3OS/c15-9-3-1-2-7-10(9)16-11(14-7)8-6-12-4-5-13-8/h4-6H,1-3H2. The van der Waals surface area contributed by atoms with E-state index in [4.69, 9.17) is 0 Å². The highest BCUT2D eigenvalue weighted by Gasteiger charge is 2.22. The molecule has 2 aromatic heterocycles. The quantitative estimate of drug-likeness (QED) is 0.754. The van der Waals surface area contributed by atoms with E-state index in [0.29, 0.717) is 6.42 Å². The van der Waals surface area contributed by atoms with Crippen LogP contribution in [-0.4, -0.2) is 20.7 Å². The minimum Gasteiger partial charge on any atom is -0.293 e. The topological polar surface area (TPSA) is 55.7 Å². The van der Waals surface area contributed by atoms with Gasteiger partial charge >= 0.3 is 0 Å². The number of hydrogen-bond acceptors (Lipinski definition) is 5. The predicted molar refractivity (Wildman–Crippen MR) is 60.4 cm³/mol. The van der Waals surface area contributed by atoms with Gasteiger partial charge in [-0.15, -0.1) is 11.3 Å². The maximum Gasteiger partial charge on any atom is 0.174 e. The highest BCUT2D eigenvalue weighted by Crippen LogP contribution is 2.31. The molecule has 0 spiro atoms. The number of nitrogens with zero attached hydrogens (tertiary/aromatic N) is 3. The largest absolute Gasteiger partial charge is 0.293 e. The molecule has 1 aliphatic carbocycles. The lowest BCUT2D eigenvalue weighted by Crippen LogP contribution is -2.07. The zero-order valence-electron chi connectivity index (χ0n) is 8.51. The predicted octanol–water partition coefficient (Wildman–Crippen LogP) is 2.12. The highest BCUT2D eigenvalue weighted by molar-refractivity contribution is 7.17. The van der Waals surface area contributed by atoms with Crippen molar-refractivity contribution < 1.29 is 4.79 Å². The molecule has 0 saturated heterocycles. The van der Waals surface area contributed by atoms with Gasteiger partial charge in [-0.3, -0.25) is 14.8 Å². The van der Waals surface area contributed by atoms with E-state index < -0.39 is 0 Å². The van der Waals surface area contributed by atoms with E-state index in [2.05, 4.69) is 15.0 Å². The van der Waals surface area contributed by atoms with Crippen molar-refractivity contribution in [1.82, 2.24) is 15.0 Å². The molecule has 80 valence electrons. The van der Waals surface area contributed by atoms with Gasteiger partial charge in [0, 0.05) is 18.8 Å². The molecule has 5 heteroatoms. The molecule has 3 rings (SSSR count). The van der Waals surface area contributed by atoms with Gasteiger partial charge in [0.25, 0.3) is 0 Å². The van der Waals surface area contributed by atoms with E-state index >= 15 is 0 Å². The number of carbonyl (C=O) groups excluding carboxylic acids is 1. The molecular weight excluding hydrogens is 222 g/mol. The summed E-state index contributed by atoms with van der Waals surface area (Å²) in [5.41, 5.74) is 1.68. The zero-order valence-corrected chi connectivity index (χ0v) is 9.33. The maximum absolute atomic E-state index is 11.7. The second-order valence-corrected chi connectivity index (χ2v) is 4.66. The third-order valence-electron chi connectivity index (χ3n) is 2.55. The molecule has 0 atom stereocenters. The lowest BCUT2D eigenvalue weighted by molar-refractivity contribution is 0.0976. The minimum absolute atomic E-state index is 0.217. The Morgan fingerprint density at radius 3 is 2.94 bits per heavy atom. The van der Waals surface area contributed by atoms with Gasteiger partial charge in [-0.05, 0) is 12.8 Å². The molecule has 16 heavy (non-hydrogen) atoms. The molecule has 0 saturated carbocycles. The van der Waals surface area contributed by atoms with Gasteiger partial charge in [0.2, 0.25) is 0 Å². The third kappa shape index (κ3) is 1.53. The smallest absolute Gasteiger partial charge is 0.174 e. The molecule has 0 bridgehead atoms. The first-order valence-electron chi connectivity index (χ1n) is 5.14. The molecular formula is C11H9N3OS. The normalized spacial score (nSPS) is 14.9. The molecule has 1 aliphatic rings. The van der Waals surface area contributed by atoms with Crippen LogP contribution in [0.1, 0.15) is 28.2 Å². The average molecular weight is 231 g/mol. The Hall–Kier alpha value is -1.62. The van der Waals surface area contributed by atoms with Crippen molar-refractivity contribution in [1.29, 1.82) is 0 Å². The van der Waals surface area contributed by atoms with Gasteiger partial charge in [0.1, 0.15) is 10.7 Å². The van der Waals surface area contributed by atoms with Crippen LogP contribution in [0.2, 0.25) is 0 Å². The Morgan fingerprint density at radius 1 is 1.25 bits per heavy atom. The number of aromatic nitrogens is 3. The number of Topliss-reactive ketones (excluding diaryl/α,β-unsaturated/α-hetero) is 1. The Balaban J connectivity index is 2.08. The highest BCUT2D eigenvalue weighted by atomic mass is 32.1. The first-order chi connectivity index (χ1) is 7.84. The third-order valence-corrected chi connectivity index (χ3v) is 3.71. The van der Waals surface area contributed by atoms with Gasteiger partial charge in [0.05, 0.1) is 16.8 Å². The van der Waals surface area contributed by atoms with Gasteiger partial charge in [0.15, 0.2) is 5.78 Å². The van der Waals surface area contributed by atoms with Crippen molar-refractivity contribution in [2.24, 2.45) is 0 Å². The van der Waals surface area contributed by atoms with Gasteiger partial charge in [-0.1, -0.05) is 0 Å². The fourth-order valence-electron chi connectivity index (χ4n) is 1.79. The second-order valence-electron chi connectivity index (χ2n) is 3.66. The Kier molecular flexibility index (Phi) is 2.25. The van der Waals surface area contributed by atoms with Crippen LogP contribution in [0, 0.1) is 0 Å². The van der Waals surface area contributed by atoms with Gasteiger partial charge in [-0.2, -0.15) is 0 Å². The summed E-state index contributed by atoms with van der Waals surface area (Å²) in [5.74, 6) is 0.217. The zero-order chi connectivity index (χ0) is 11.0.